The van der Waals surface area contributed by atoms with E-state index in [4.69, 9.17) is 9.47 Å². The molecule has 2 aromatic rings. The van der Waals surface area contributed by atoms with Gasteiger partial charge in [0.25, 0.3) is 0 Å². The molecule has 6 heteroatoms. The van der Waals surface area contributed by atoms with Crippen molar-refractivity contribution in [3.8, 4) is 11.5 Å². The summed E-state index contributed by atoms with van der Waals surface area (Å²) >= 11 is 3.63. The van der Waals surface area contributed by atoms with Crippen molar-refractivity contribution in [3.63, 3.8) is 0 Å². The summed E-state index contributed by atoms with van der Waals surface area (Å²) in [6.45, 7) is 1.20. The molecule has 0 radical (unpaired) electrons. The molecule has 5 nitrogen and oxygen atoms in total. The fraction of sp³-hybridized carbons (Fsp3) is 0.267. The van der Waals surface area contributed by atoms with Gasteiger partial charge in [-0.3, -0.25) is 9.99 Å². The van der Waals surface area contributed by atoms with Crippen molar-refractivity contribution in [2.24, 2.45) is 0 Å². The molecule has 1 aromatic carbocycles. The number of benzene rings is 1. The number of ether oxygens (including phenoxy) is 2. The Morgan fingerprint density at radius 3 is 2.86 bits per heavy atom. The highest BCUT2D eigenvalue weighted by Crippen LogP contribution is 2.45. The molecule has 0 amide bonds. The predicted molar refractivity (Wildman–Crippen MR) is 82.7 cm³/mol. The average Bonchev–Trinajstić information content (AvgIpc) is 2.79. The van der Waals surface area contributed by atoms with Crippen LogP contribution in [0.2, 0.25) is 0 Å². The van der Waals surface area contributed by atoms with E-state index in [0.29, 0.717) is 13.2 Å². The topological polar surface area (TPSA) is 37.8 Å². The van der Waals surface area contributed by atoms with Crippen molar-refractivity contribution in [2.75, 3.05) is 25.3 Å². The van der Waals surface area contributed by atoms with E-state index in [-0.39, 0.29) is 6.04 Å². The smallest absolute Gasteiger partial charge is 0.161 e. The monoisotopic (exact) mass is 347 g/mol. The third-order valence-electron chi connectivity index (χ3n) is 3.81. The molecule has 0 spiro atoms. The van der Waals surface area contributed by atoms with E-state index in [2.05, 4.69) is 33.3 Å². The number of rotatable bonds is 1. The second kappa shape index (κ2) is 4.89. The maximum Gasteiger partial charge on any atom is 0.161 e. The van der Waals surface area contributed by atoms with Crippen LogP contribution in [0, 0.1) is 0 Å². The minimum atomic E-state index is 0.0158. The fourth-order valence-corrected chi connectivity index (χ4v) is 3.38. The molecule has 0 saturated carbocycles. The van der Waals surface area contributed by atoms with Crippen LogP contribution in [0.4, 0.5) is 5.69 Å². The summed E-state index contributed by atoms with van der Waals surface area (Å²) in [6.07, 6.45) is 1.82. The summed E-state index contributed by atoms with van der Waals surface area (Å²) < 4.78 is 13.3. The van der Waals surface area contributed by atoms with Crippen molar-refractivity contribution < 1.29 is 9.47 Å². The maximum absolute atomic E-state index is 5.68. The summed E-state index contributed by atoms with van der Waals surface area (Å²) in [6, 6.07) is 10.1. The SMILES string of the molecule is CN1c2cccnc2C(c2ccc3c(c2)OCCO3)N1Br. The van der Waals surface area contributed by atoms with Crippen molar-refractivity contribution in [1.82, 2.24) is 9.02 Å². The number of aromatic nitrogens is 1. The molecule has 0 saturated heterocycles. The summed E-state index contributed by atoms with van der Waals surface area (Å²) in [5.41, 5.74) is 3.23. The van der Waals surface area contributed by atoms with Gasteiger partial charge in [-0.25, -0.2) is 0 Å². The van der Waals surface area contributed by atoms with Crippen LogP contribution < -0.4 is 14.5 Å². The van der Waals surface area contributed by atoms with E-state index in [0.717, 1.165) is 28.4 Å². The van der Waals surface area contributed by atoms with E-state index in [1.807, 2.05) is 40.5 Å². The van der Waals surface area contributed by atoms with Crippen LogP contribution in [0.25, 0.3) is 0 Å². The highest BCUT2D eigenvalue weighted by molar-refractivity contribution is 9.07. The van der Waals surface area contributed by atoms with Crippen molar-refractivity contribution >= 4 is 21.8 Å². The predicted octanol–water partition coefficient (Wildman–Crippen LogP) is 2.92. The number of nitrogens with zero attached hydrogens (tertiary/aromatic N) is 3. The molecule has 2 aliphatic heterocycles. The van der Waals surface area contributed by atoms with Gasteiger partial charge in [-0.15, -0.1) is 4.03 Å². The zero-order valence-corrected chi connectivity index (χ0v) is 13.1. The Bertz CT molecular complexity index is 694. The Kier molecular flexibility index (Phi) is 3.01. The molecule has 0 aliphatic carbocycles. The van der Waals surface area contributed by atoms with E-state index >= 15 is 0 Å². The van der Waals surface area contributed by atoms with Crippen LogP contribution in [0.5, 0.6) is 11.5 Å². The van der Waals surface area contributed by atoms with Gasteiger partial charge in [0.15, 0.2) is 11.5 Å². The number of fused-ring (bicyclic) bond motifs is 2. The summed E-state index contributed by atoms with van der Waals surface area (Å²) in [5, 5.41) is 2.05. The standard InChI is InChI=1S/C15H14BrN3O2/c1-18-11-3-2-6-17-14(11)15(19(18)16)10-4-5-12-13(9-10)21-8-7-20-12/h2-6,9,15H,7-8H2,1H3. The average molecular weight is 348 g/mol. The summed E-state index contributed by atoms with van der Waals surface area (Å²) in [4.78, 5) is 4.54. The van der Waals surface area contributed by atoms with Gasteiger partial charge in [0.1, 0.15) is 19.3 Å². The minimum absolute atomic E-state index is 0.0158. The molecule has 1 unspecified atom stereocenters. The number of halogens is 1. The molecule has 1 atom stereocenters. The molecule has 0 N–H and O–H groups in total. The van der Waals surface area contributed by atoms with Crippen molar-refractivity contribution in [1.29, 1.82) is 0 Å². The lowest BCUT2D eigenvalue weighted by Crippen LogP contribution is -2.28. The van der Waals surface area contributed by atoms with Crippen LogP contribution >= 0.6 is 16.1 Å². The van der Waals surface area contributed by atoms with Gasteiger partial charge in [-0.05, 0) is 29.8 Å². The van der Waals surface area contributed by atoms with E-state index in [1.54, 1.807) is 0 Å². The normalized spacial score (nSPS) is 20.5. The Hall–Kier alpha value is -1.79. The Labute approximate surface area is 131 Å². The van der Waals surface area contributed by atoms with Gasteiger partial charge in [0.2, 0.25) is 0 Å². The maximum atomic E-state index is 5.68. The van der Waals surface area contributed by atoms with Crippen LogP contribution in [-0.4, -0.2) is 29.3 Å². The lowest BCUT2D eigenvalue weighted by Gasteiger charge is -2.25. The number of hydrazine groups is 1. The third-order valence-corrected chi connectivity index (χ3v) is 4.69. The number of hydrogen-bond donors (Lipinski definition) is 0. The fourth-order valence-electron chi connectivity index (χ4n) is 2.78. The highest BCUT2D eigenvalue weighted by atomic mass is 79.9. The zero-order chi connectivity index (χ0) is 14.4. The van der Waals surface area contributed by atoms with Crippen LogP contribution in [0.1, 0.15) is 17.3 Å². The first-order valence-corrected chi connectivity index (χ1v) is 7.50. The molecule has 3 heterocycles. The molecule has 2 aliphatic rings. The van der Waals surface area contributed by atoms with E-state index in [1.165, 1.54) is 0 Å². The van der Waals surface area contributed by atoms with Gasteiger partial charge < -0.3 is 9.47 Å². The molecular formula is C15H14BrN3O2. The summed E-state index contributed by atoms with van der Waals surface area (Å²) in [5.74, 6) is 1.60. The Morgan fingerprint density at radius 2 is 2.00 bits per heavy atom. The molecule has 21 heavy (non-hydrogen) atoms. The second-order valence-corrected chi connectivity index (χ2v) is 5.75. The van der Waals surface area contributed by atoms with Crippen molar-refractivity contribution in [3.05, 3.63) is 47.8 Å². The van der Waals surface area contributed by atoms with Crippen LogP contribution in [0.15, 0.2) is 36.5 Å². The van der Waals surface area contributed by atoms with Gasteiger partial charge >= 0.3 is 0 Å². The molecule has 108 valence electrons. The van der Waals surface area contributed by atoms with Gasteiger partial charge in [0, 0.05) is 29.4 Å². The second-order valence-electron chi connectivity index (χ2n) is 5.03. The third kappa shape index (κ3) is 1.98. The Balaban J connectivity index is 1.80. The first kappa shape index (κ1) is 12.9. The van der Waals surface area contributed by atoms with Gasteiger partial charge in [0.05, 0.1) is 11.4 Å². The largest absolute Gasteiger partial charge is 0.486 e. The number of hydrogen-bond acceptors (Lipinski definition) is 5. The van der Waals surface area contributed by atoms with Gasteiger partial charge in [-0.2, -0.15) is 0 Å². The molecule has 4 rings (SSSR count). The minimum Gasteiger partial charge on any atom is -0.486 e. The van der Waals surface area contributed by atoms with Crippen LogP contribution in [-0.2, 0) is 0 Å². The lowest BCUT2D eigenvalue weighted by molar-refractivity contribution is 0.171. The highest BCUT2D eigenvalue weighted by Gasteiger charge is 2.36. The zero-order valence-electron chi connectivity index (χ0n) is 11.5. The number of anilines is 1. The molecular weight excluding hydrogens is 334 g/mol. The first-order chi connectivity index (χ1) is 10.3. The van der Waals surface area contributed by atoms with E-state index < -0.39 is 0 Å². The van der Waals surface area contributed by atoms with Gasteiger partial charge in [-0.1, -0.05) is 6.07 Å². The Morgan fingerprint density at radius 1 is 1.19 bits per heavy atom. The van der Waals surface area contributed by atoms with E-state index in [9.17, 15) is 0 Å². The summed E-state index contributed by atoms with van der Waals surface area (Å²) in [7, 11) is 2.01. The molecule has 0 bridgehead atoms. The molecule has 0 fully saturated rings. The lowest BCUT2D eigenvalue weighted by atomic mass is 10.0. The number of pyridine rings is 1. The first-order valence-electron chi connectivity index (χ1n) is 6.79. The van der Waals surface area contributed by atoms with Crippen molar-refractivity contribution in [2.45, 2.75) is 6.04 Å². The quantitative estimate of drug-likeness (QED) is 0.741. The molecule has 1 aromatic heterocycles. The van der Waals surface area contributed by atoms with Crippen LogP contribution in [0.3, 0.4) is 0 Å².